The van der Waals surface area contributed by atoms with Gasteiger partial charge in [0.2, 0.25) is 0 Å². The van der Waals surface area contributed by atoms with Crippen LogP contribution in [0.2, 0.25) is 0 Å². The van der Waals surface area contributed by atoms with E-state index in [0.29, 0.717) is 0 Å². The van der Waals surface area contributed by atoms with Crippen molar-refractivity contribution in [2.24, 2.45) is 0 Å². The van der Waals surface area contributed by atoms with Crippen LogP contribution in [0.1, 0.15) is 97.2 Å². The van der Waals surface area contributed by atoms with Crippen molar-refractivity contribution in [1.82, 2.24) is 0 Å². The molecule has 0 amide bonds. The molecule has 0 bridgehead atoms. The van der Waals surface area contributed by atoms with Crippen molar-refractivity contribution >= 4 is 17.1 Å². The molecular formula is C64H53N. The molecule has 3 aliphatic carbocycles. The molecule has 0 N–H and O–H groups in total. The monoisotopic (exact) mass is 835 g/mol. The third kappa shape index (κ3) is 5.58. The Hall–Kier alpha value is -7.22. The molecule has 0 saturated heterocycles. The second-order valence-corrected chi connectivity index (χ2v) is 20.1. The van der Waals surface area contributed by atoms with E-state index in [-0.39, 0.29) is 16.2 Å². The number of anilines is 3. The molecule has 0 atom stereocenters. The van der Waals surface area contributed by atoms with Gasteiger partial charge in [0.25, 0.3) is 0 Å². The third-order valence-electron chi connectivity index (χ3n) is 15.6. The summed E-state index contributed by atoms with van der Waals surface area (Å²) in [7, 11) is 0. The largest absolute Gasteiger partial charge is 0.310 e. The highest BCUT2D eigenvalue weighted by Crippen LogP contribution is 2.55. The normalized spacial score (nSPS) is 15.3. The lowest BCUT2D eigenvalue weighted by molar-refractivity contribution is 0.654. The Kier molecular flexibility index (Phi) is 8.57. The van der Waals surface area contributed by atoms with Gasteiger partial charge >= 0.3 is 0 Å². The molecule has 0 aromatic heterocycles. The van der Waals surface area contributed by atoms with Gasteiger partial charge in [0.05, 0.1) is 5.41 Å². The van der Waals surface area contributed by atoms with E-state index in [4.69, 9.17) is 0 Å². The SMILES string of the molecule is CC1(C)c2ccccc2-c2ccc(N(c3ccc(C(c4ccccc4)(c4ccccc4)c4ccc5c(c4)C(C)(C)c4ccccc4-5)cc3)c3ccc4c(c3)C(C)(C)c3ccccc3-4)cc21. The Morgan fingerprint density at radius 3 is 1.00 bits per heavy atom. The van der Waals surface area contributed by atoms with Crippen LogP contribution in [-0.4, -0.2) is 0 Å². The zero-order valence-electron chi connectivity index (χ0n) is 38.2. The second kappa shape index (κ2) is 14.1. The Morgan fingerprint density at radius 2 is 0.569 bits per heavy atom. The molecule has 0 heterocycles. The quantitative estimate of drug-likeness (QED) is 0.145. The fraction of sp³-hybridized carbons (Fsp3) is 0.156. The lowest BCUT2D eigenvalue weighted by Gasteiger charge is -2.38. The maximum Gasteiger partial charge on any atom is 0.0701 e. The fourth-order valence-corrected chi connectivity index (χ4v) is 12.3. The molecule has 0 unspecified atom stereocenters. The first-order valence-electron chi connectivity index (χ1n) is 23.3. The van der Waals surface area contributed by atoms with E-state index in [1.54, 1.807) is 0 Å². The first-order chi connectivity index (χ1) is 31.5. The molecule has 3 aliphatic rings. The average molecular weight is 836 g/mol. The van der Waals surface area contributed by atoms with E-state index >= 15 is 0 Å². The first kappa shape index (κ1) is 39.4. The molecule has 0 aliphatic heterocycles. The van der Waals surface area contributed by atoms with Gasteiger partial charge in [-0.25, -0.2) is 0 Å². The van der Waals surface area contributed by atoms with Crippen molar-refractivity contribution in [3.05, 3.63) is 268 Å². The summed E-state index contributed by atoms with van der Waals surface area (Å²) in [5.74, 6) is 0. The molecular weight excluding hydrogens is 783 g/mol. The summed E-state index contributed by atoms with van der Waals surface area (Å²) in [5.41, 5.74) is 23.7. The molecule has 0 fully saturated rings. The highest BCUT2D eigenvalue weighted by atomic mass is 15.1. The van der Waals surface area contributed by atoms with Crippen molar-refractivity contribution in [2.45, 2.75) is 63.2 Å². The van der Waals surface area contributed by atoms with Gasteiger partial charge in [0, 0.05) is 33.3 Å². The highest BCUT2D eigenvalue weighted by Gasteiger charge is 2.43. The van der Waals surface area contributed by atoms with Gasteiger partial charge in [0.1, 0.15) is 0 Å². The van der Waals surface area contributed by atoms with Crippen LogP contribution in [-0.2, 0) is 21.7 Å². The number of hydrogen-bond donors (Lipinski definition) is 0. The van der Waals surface area contributed by atoms with Crippen LogP contribution in [0, 0.1) is 0 Å². The molecule has 0 radical (unpaired) electrons. The van der Waals surface area contributed by atoms with E-state index < -0.39 is 5.41 Å². The van der Waals surface area contributed by atoms with E-state index in [2.05, 4.69) is 259 Å². The van der Waals surface area contributed by atoms with Crippen LogP contribution in [0.3, 0.4) is 0 Å². The van der Waals surface area contributed by atoms with E-state index in [1.165, 1.54) is 89.0 Å². The van der Waals surface area contributed by atoms with Gasteiger partial charge in [-0.15, -0.1) is 0 Å². The predicted octanol–water partition coefficient (Wildman–Crippen LogP) is 16.5. The second-order valence-electron chi connectivity index (χ2n) is 20.1. The molecule has 9 aromatic rings. The van der Waals surface area contributed by atoms with Crippen LogP contribution in [0.25, 0.3) is 33.4 Å². The zero-order chi connectivity index (χ0) is 44.3. The smallest absolute Gasteiger partial charge is 0.0701 e. The van der Waals surface area contributed by atoms with Crippen LogP contribution in [0.4, 0.5) is 17.1 Å². The summed E-state index contributed by atoms with van der Waals surface area (Å²) >= 11 is 0. The number of rotatable bonds is 7. The Labute approximate surface area is 384 Å². The minimum absolute atomic E-state index is 0.129. The standard InChI is InChI=1S/C64H53N/c1-61(2)55-26-16-13-23-49(55)52-36-31-45(39-58(52)61)64(42-19-9-7-10-20-42,43-21-11-8-12-22-43)44-29-32-46(33-30-44)65(47-34-37-53-50-24-14-17-27-56(50)62(3,4)59(53)40-47)48-35-38-54-51-25-15-18-28-57(51)63(5,6)60(54)41-48/h7-41H,1-6H3. The lowest BCUT2D eigenvalue weighted by atomic mass is 9.64. The summed E-state index contributed by atoms with van der Waals surface area (Å²) < 4.78 is 0. The fourth-order valence-electron chi connectivity index (χ4n) is 12.3. The van der Waals surface area contributed by atoms with Crippen molar-refractivity contribution in [3.63, 3.8) is 0 Å². The van der Waals surface area contributed by atoms with Crippen molar-refractivity contribution in [2.75, 3.05) is 4.90 Å². The summed E-state index contributed by atoms with van der Waals surface area (Å²) in [6.07, 6.45) is 0. The topological polar surface area (TPSA) is 3.24 Å². The number of benzene rings is 9. The summed E-state index contributed by atoms with van der Waals surface area (Å²) in [6, 6.07) is 80.2. The molecule has 1 heteroatoms. The highest BCUT2D eigenvalue weighted by molar-refractivity contribution is 5.89. The molecule has 0 saturated carbocycles. The Bertz CT molecular complexity index is 3180. The molecule has 12 rings (SSSR count). The van der Waals surface area contributed by atoms with Crippen molar-refractivity contribution in [1.29, 1.82) is 0 Å². The molecule has 314 valence electrons. The van der Waals surface area contributed by atoms with Crippen molar-refractivity contribution < 1.29 is 0 Å². The zero-order valence-corrected chi connectivity index (χ0v) is 38.2. The van der Waals surface area contributed by atoms with Gasteiger partial charge in [-0.2, -0.15) is 0 Å². The van der Waals surface area contributed by atoms with Crippen molar-refractivity contribution in [3.8, 4) is 33.4 Å². The van der Waals surface area contributed by atoms with E-state index in [9.17, 15) is 0 Å². The minimum Gasteiger partial charge on any atom is -0.310 e. The van der Waals surface area contributed by atoms with Crippen LogP contribution in [0.15, 0.2) is 212 Å². The first-order valence-corrected chi connectivity index (χ1v) is 23.3. The lowest BCUT2D eigenvalue weighted by Crippen LogP contribution is -2.31. The van der Waals surface area contributed by atoms with E-state index in [1.807, 2.05) is 0 Å². The number of fused-ring (bicyclic) bond motifs is 9. The predicted molar refractivity (Wildman–Crippen MR) is 272 cm³/mol. The molecule has 65 heavy (non-hydrogen) atoms. The Balaban J connectivity index is 1.06. The summed E-state index contributed by atoms with van der Waals surface area (Å²) in [5, 5.41) is 0. The maximum atomic E-state index is 2.52. The van der Waals surface area contributed by atoms with Gasteiger partial charge in [-0.05, 0) is 125 Å². The third-order valence-corrected chi connectivity index (χ3v) is 15.6. The number of hydrogen-bond acceptors (Lipinski definition) is 1. The van der Waals surface area contributed by atoms with Crippen LogP contribution < -0.4 is 4.90 Å². The van der Waals surface area contributed by atoms with E-state index in [0.717, 1.165) is 17.1 Å². The van der Waals surface area contributed by atoms with Gasteiger partial charge in [-0.3, -0.25) is 0 Å². The summed E-state index contributed by atoms with van der Waals surface area (Å²) in [4.78, 5) is 2.49. The van der Waals surface area contributed by atoms with Crippen LogP contribution >= 0.6 is 0 Å². The van der Waals surface area contributed by atoms with Crippen LogP contribution in [0.5, 0.6) is 0 Å². The van der Waals surface area contributed by atoms with Gasteiger partial charge in [0.15, 0.2) is 0 Å². The summed E-state index contributed by atoms with van der Waals surface area (Å²) in [6.45, 7) is 14.3. The van der Waals surface area contributed by atoms with Gasteiger partial charge in [-0.1, -0.05) is 217 Å². The molecule has 9 aromatic carbocycles. The minimum atomic E-state index is -0.599. The number of nitrogens with zero attached hydrogens (tertiary/aromatic N) is 1. The Morgan fingerprint density at radius 1 is 0.262 bits per heavy atom. The maximum absolute atomic E-state index is 2.52. The van der Waals surface area contributed by atoms with Gasteiger partial charge < -0.3 is 4.90 Å². The molecule has 0 spiro atoms. The molecule has 1 nitrogen and oxygen atoms in total. The average Bonchev–Trinajstić information content (AvgIpc) is 3.82.